The van der Waals surface area contributed by atoms with Gasteiger partial charge >= 0.3 is 5.97 Å². The van der Waals surface area contributed by atoms with Gasteiger partial charge in [0.25, 0.3) is 0 Å². The fourth-order valence-electron chi connectivity index (χ4n) is 4.71. The molecule has 2 unspecified atom stereocenters. The molecule has 2 atom stereocenters. The Hall–Kier alpha value is -1.87. The van der Waals surface area contributed by atoms with Gasteiger partial charge < -0.3 is 9.47 Å². The van der Waals surface area contributed by atoms with Crippen molar-refractivity contribution in [1.29, 1.82) is 0 Å². The molecule has 1 aliphatic heterocycles. The minimum atomic E-state index is -0.442. The lowest BCUT2D eigenvalue weighted by atomic mass is 9.43. The van der Waals surface area contributed by atoms with Crippen molar-refractivity contribution < 1.29 is 14.3 Å². The van der Waals surface area contributed by atoms with Crippen molar-refractivity contribution in [2.45, 2.75) is 26.2 Å². The molecule has 2 aliphatic rings. The summed E-state index contributed by atoms with van der Waals surface area (Å²) in [5.74, 6) is 0.100. The molecular weight excluding hydrogens is 288 g/mol. The van der Waals surface area contributed by atoms with Crippen molar-refractivity contribution in [3.05, 3.63) is 48.0 Å². The number of carbonyl (C=O) groups is 1. The summed E-state index contributed by atoms with van der Waals surface area (Å²) >= 11 is 0. The van der Waals surface area contributed by atoms with Gasteiger partial charge in [-0.3, -0.25) is 4.79 Å². The smallest absolute Gasteiger partial charge is 0.312 e. The van der Waals surface area contributed by atoms with Gasteiger partial charge in [0.05, 0.1) is 25.2 Å². The van der Waals surface area contributed by atoms with Crippen molar-refractivity contribution in [2.75, 3.05) is 19.8 Å². The average Bonchev–Trinajstić information content (AvgIpc) is 2.50. The van der Waals surface area contributed by atoms with E-state index >= 15 is 0 Å². The zero-order chi connectivity index (χ0) is 16.1. The molecule has 2 fully saturated rings. The maximum atomic E-state index is 12.6. The molecule has 23 heavy (non-hydrogen) atoms. The number of fused-ring (bicyclic) bond motifs is 1. The minimum Gasteiger partial charge on any atom is -0.466 e. The highest BCUT2D eigenvalue weighted by molar-refractivity contribution is 5.85. The topological polar surface area (TPSA) is 35.5 Å². The van der Waals surface area contributed by atoms with Crippen LogP contribution in [0.2, 0.25) is 0 Å². The normalized spacial score (nSPS) is 28.2. The molecule has 3 heteroatoms. The summed E-state index contributed by atoms with van der Waals surface area (Å²) in [7, 11) is 0. The Bertz CT molecular complexity index is 762. The number of esters is 1. The molecule has 2 aromatic rings. The van der Waals surface area contributed by atoms with Gasteiger partial charge in [0.1, 0.15) is 0 Å². The summed E-state index contributed by atoms with van der Waals surface area (Å²) in [6, 6.07) is 14.9. The third-order valence-electron chi connectivity index (χ3n) is 5.60. The van der Waals surface area contributed by atoms with Crippen LogP contribution < -0.4 is 0 Å². The van der Waals surface area contributed by atoms with Crippen LogP contribution in [0.5, 0.6) is 0 Å². The van der Waals surface area contributed by atoms with Gasteiger partial charge in [0, 0.05) is 11.3 Å². The van der Waals surface area contributed by atoms with Crippen molar-refractivity contribution in [3.8, 4) is 0 Å². The molecule has 2 aromatic carbocycles. The SMILES string of the molecule is CCOC(=O)C1(C)CC2(COC2)C1c1ccc2ccccc2c1. The summed E-state index contributed by atoms with van der Waals surface area (Å²) in [6.45, 7) is 5.85. The Kier molecular flexibility index (Phi) is 3.24. The molecule has 3 nitrogen and oxygen atoms in total. The van der Waals surface area contributed by atoms with Gasteiger partial charge in [0.2, 0.25) is 0 Å². The largest absolute Gasteiger partial charge is 0.466 e. The van der Waals surface area contributed by atoms with Crippen LogP contribution in [0.3, 0.4) is 0 Å². The molecule has 0 N–H and O–H groups in total. The van der Waals surface area contributed by atoms with E-state index in [-0.39, 0.29) is 17.3 Å². The zero-order valence-electron chi connectivity index (χ0n) is 13.7. The highest BCUT2D eigenvalue weighted by atomic mass is 16.5. The highest BCUT2D eigenvalue weighted by Gasteiger charge is 2.68. The second-order valence-electron chi connectivity index (χ2n) is 7.21. The summed E-state index contributed by atoms with van der Waals surface area (Å²) in [5.41, 5.74) is 0.903. The Morgan fingerprint density at radius 2 is 1.96 bits per heavy atom. The Morgan fingerprint density at radius 1 is 1.22 bits per heavy atom. The number of rotatable bonds is 3. The summed E-state index contributed by atoms with van der Waals surface area (Å²) in [4.78, 5) is 12.6. The standard InChI is InChI=1S/C20H22O3/c1-3-23-18(21)19(2)11-20(12-22-13-20)17(19)16-9-8-14-6-4-5-7-15(14)10-16/h4-10,17H,3,11-13H2,1-2H3. The highest BCUT2D eigenvalue weighted by Crippen LogP contribution is 2.67. The number of ether oxygens (including phenoxy) is 2. The van der Waals surface area contributed by atoms with Gasteiger partial charge in [0.15, 0.2) is 0 Å². The van der Waals surface area contributed by atoms with Crippen LogP contribution in [-0.4, -0.2) is 25.8 Å². The van der Waals surface area contributed by atoms with Crippen LogP contribution in [0.15, 0.2) is 42.5 Å². The van der Waals surface area contributed by atoms with Gasteiger partial charge in [-0.05, 0) is 36.6 Å². The van der Waals surface area contributed by atoms with Crippen molar-refractivity contribution in [1.82, 2.24) is 0 Å². The van der Waals surface area contributed by atoms with Crippen LogP contribution in [0, 0.1) is 10.8 Å². The number of hydrogen-bond donors (Lipinski definition) is 0. The van der Waals surface area contributed by atoms with E-state index in [1.165, 1.54) is 16.3 Å². The number of hydrogen-bond acceptors (Lipinski definition) is 3. The lowest BCUT2D eigenvalue weighted by Gasteiger charge is -2.64. The molecule has 1 aliphatic carbocycles. The van der Waals surface area contributed by atoms with Crippen molar-refractivity contribution in [2.24, 2.45) is 10.8 Å². The Labute approximate surface area is 136 Å². The van der Waals surface area contributed by atoms with E-state index in [1.807, 2.05) is 6.92 Å². The maximum absolute atomic E-state index is 12.6. The molecule has 0 bridgehead atoms. The second-order valence-corrected chi connectivity index (χ2v) is 7.21. The second kappa shape index (κ2) is 5.07. The summed E-state index contributed by atoms with van der Waals surface area (Å²) in [5, 5.41) is 2.45. The van der Waals surface area contributed by atoms with Crippen LogP contribution in [0.4, 0.5) is 0 Å². The molecule has 1 saturated heterocycles. The van der Waals surface area contributed by atoms with Gasteiger partial charge in [-0.1, -0.05) is 42.5 Å². The van der Waals surface area contributed by atoms with Crippen LogP contribution in [0.25, 0.3) is 10.8 Å². The Balaban J connectivity index is 1.76. The first kappa shape index (κ1) is 14.7. The lowest BCUT2D eigenvalue weighted by molar-refractivity contribution is -0.234. The van der Waals surface area contributed by atoms with E-state index in [9.17, 15) is 4.79 Å². The maximum Gasteiger partial charge on any atom is 0.312 e. The van der Waals surface area contributed by atoms with Crippen LogP contribution in [0.1, 0.15) is 31.7 Å². The minimum absolute atomic E-state index is 0.0734. The lowest BCUT2D eigenvalue weighted by Crippen LogP contribution is -2.65. The predicted octanol–water partition coefficient (Wildman–Crippen LogP) is 3.91. The van der Waals surface area contributed by atoms with Crippen molar-refractivity contribution in [3.63, 3.8) is 0 Å². The van der Waals surface area contributed by atoms with E-state index in [0.29, 0.717) is 6.61 Å². The van der Waals surface area contributed by atoms with E-state index < -0.39 is 5.41 Å². The monoisotopic (exact) mass is 310 g/mol. The predicted molar refractivity (Wildman–Crippen MR) is 89.3 cm³/mol. The first-order valence-corrected chi connectivity index (χ1v) is 8.33. The molecule has 0 aromatic heterocycles. The van der Waals surface area contributed by atoms with E-state index in [0.717, 1.165) is 19.6 Å². The third-order valence-corrected chi connectivity index (χ3v) is 5.60. The summed E-state index contributed by atoms with van der Waals surface area (Å²) < 4.78 is 10.9. The fraction of sp³-hybridized carbons (Fsp3) is 0.450. The summed E-state index contributed by atoms with van der Waals surface area (Å²) in [6.07, 6.45) is 0.857. The number of carbonyl (C=O) groups excluding carboxylic acids is 1. The molecule has 0 radical (unpaired) electrons. The number of benzene rings is 2. The van der Waals surface area contributed by atoms with Crippen LogP contribution >= 0.6 is 0 Å². The van der Waals surface area contributed by atoms with Crippen molar-refractivity contribution >= 4 is 16.7 Å². The molecule has 1 heterocycles. The quantitative estimate of drug-likeness (QED) is 0.806. The molecule has 1 saturated carbocycles. The fourth-order valence-corrected chi connectivity index (χ4v) is 4.71. The van der Waals surface area contributed by atoms with E-state index in [4.69, 9.17) is 9.47 Å². The van der Waals surface area contributed by atoms with Crippen LogP contribution in [-0.2, 0) is 14.3 Å². The third kappa shape index (κ3) is 2.03. The molecular formula is C20H22O3. The average molecular weight is 310 g/mol. The van der Waals surface area contributed by atoms with E-state index in [2.05, 4.69) is 49.4 Å². The Morgan fingerprint density at radius 3 is 2.61 bits per heavy atom. The molecule has 120 valence electrons. The molecule has 0 amide bonds. The van der Waals surface area contributed by atoms with Gasteiger partial charge in [-0.15, -0.1) is 0 Å². The zero-order valence-corrected chi connectivity index (χ0v) is 13.7. The molecule has 1 spiro atoms. The van der Waals surface area contributed by atoms with Gasteiger partial charge in [-0.25, -0.2) is 0 Å². The molecule has 4 rings (SSSR count). The van der Waals surface area contributed by atoms with E-state index in [1.54, 1.807) is 0 Å². The first-order chi connectivity index (χ1) is 11.1. The first-order valence-electron chi connectivity index (χ1n) is 8.33. The van der Waals surface area contributed by atoms with Gasteiger partial charge in [-0.2, -0.15) is 0 Å².